The van der Waals surface area contributed by atoms with E-state index in [1.807, 2.05) is 19.9 Å². The fourth-order valence-electron chi connectivity index (χ4n) is 7.98. The number of carbonyl (C=O) groups excluding carboxylic acids is 4. The summed E-state index contributed by atoms with van der Waals surface area (Å²) in [6.45, 7) is 4.39. The van der Waals surface area contributed by atoms with Gasteiger partial charge in [0, 0.05) is 23.2 Å². The lowest BCUT2D eigenvalue weighted by atomic mass is 9.46. The predicted octanol–water partition coefficient (Wildman–Crippen LogP) is 0.839. The van der Waals surface area contributed by atoms with E-state index < -0.39 is 77.8 Å². The molecule has 9 atom stereocenters. The van der Waals surface area contributed by atoms with Crippen molar-refractivity contribution in [2.75, 3.05) is 6.61 Å². The van der Waals surface area contributed by atoms with Gasteiger partial charge in [0.05, 0.1) is 18.6 Å². The molecule has 40 heavy (non-hydrogen) atoms. The third-order valence-electron chi connectivity index (χ3n) is 10.1. The minimum absolute atomic E-state index is 0.0351. The second kappa shape index (κ2) is 10.8. The van der Waals surface area contributed by atoms with Crippen molar-refractivity contribution in [3.63, 3.8) is 0 Å². The van der Waals surface area contributed by atoms with E-state index in [2.05, 4.69) is 5.32 Å². The third-order valence-corrected chi connectivity index (χ3v) is 10.1. The predicted molar refractivity (Wildman–Crippen MR) is 139 cm³/mol. The maximum atomic E-state index is 13.3. The van der Waals surface area contributed by atoms with Gasteiger partial charge >= 0.3 is 11.9 Å². The molecule has 0 bridgehead atoms. The Morgan fingerprint density at radius 3 is 2.52 bits per heavy atom. The van der Waals surface area contributed by atoms with Gasteiger partial charge in [0.2, 0.25) is 11.7 Å². The summed E-state index contributed by atoms with van der Waals surface area (Å²) in [6, 6.07) is -1.52. The average molecular weight is 562 g/mol. The quantitative estimate of drug-likeness (QED) is 0.252. The highest BCUT2D eigenvalue weighted by Gasteiger charge is 2.68. The molecule has 0 aromatic rings. The van der Waals surface area contributed by atoms with Crippen LogP contribution >= 0.6 is 0 Å². The summed E-state index contributed by atoms with van der Waals surface area (Å²) in [5.41, 5.74) is -2.19. The van der Waals surface area contributed by atoms with E-state index >= 15 is 0 Å². The van der Waals surface area contributed by atoms with Gasteiger partial charge in [0.15, 0.2) is 18.4 Å². The standard InChI is InChI=1S/C29H39NO10/c1-15(31)25(26(37)38)30-22(35)6-7-23(36)40-14-21(34)29(39)11-9-19-18-5-4-16-12-17(32)8-10-27(16,2)24(18)20(33)13-28(19,29)3/h8,10,12,15,18-20,24-25,31,33,39H,4-7,9,11,13-14H2,1-3H3,(H,30,35)(H,37,38)/t15-,18-,19+,20-,24+,25-,27-,28-,29-/m0/s1. The minimum Gasteiger partial charge on any atom is -0.480 e. The normalized spacial score (nSPS) is 37.8. The second-order valence-electron chi connectivity index (χ2n) is 12.3. The van der Waals surface area contributed by atoms with Crippen molar-refractivity contribution in [3.8, 4) is 0 Å². The van der Waals surface area contributed by atoms with Crippen LogP contribution in [-0.4, -0.2) is 80.3 Å². The number of aliphatic hydroxyl groups excluding tert-OH is 2. The summed E-state index contributed by atoms with van der Waals surface area (Å²) >= 11 is 0. The Bertz CT molecular complexity index is 1160. The molecular formula is C29H39NO10. The number of ketones is 2. The first kappa shape index (κ1) is 30.1. The van der Waals surface area contributed by atoms with Crippen molar-refractivity contribution in [1.29, 1.82) is 0 Å². The Kier molecular flexibility index (Phi) is 8.14. The second-order valence-corrected chi connectivity index (χ2v) is 12.3. The van der Waals surface area contributed by atoms with E-state index in [1.54, 1.807) is 12.2 Å². The van der Waals surface area contributed by atoms with Crippen molar-refractivity contribution in [2.24, 2.45) is 28.6 Å². The van der Waals surface area contributed by atoms with Gasteiger partial charge in [0.25, 0.3) is 0 Å². The molecule has 0 spiro atoms. The number of carbonyl (C=O) groups is 5. The largest absolute Gasteiger partial charge is 0.480 e. The molecule has 1 amide bonds. The Labute approximate surface area is 232 Å². The summed E-state index contributed by atoms with van der Waals surface area (Å²) < 4.78 is 5.08. The van der Waals surface area contributed by atoms with Crippen LogP contribution in [0.25, 0.3) is 0 Å². The monoisotopic (exact) mass is 561 g/mol. The van der Waals surface area contributed by atoms with Gasteiger partial charge in [-0.25, -0.2) is 4.79 Å². The fraction of sp³-hybridized carbons (Fsp3) is 0.690. The van der Waals surface area contributed by atoms with Crippen molar-refractivity contribution in [2.45, 2.75) is 89.6 Å². The zero-order valence-corrected chi connectivity index (χ0v) is 23.1. The Morgan fingerprint density at radius 2 is 1.88 bits per heavy atom. The van der Waals surface area contributed by atoms with Crippen molar-refractivity contribution < 1.29 is 49.1 Å². The first-order valence-electron chi connectivity index (χ1n) is 13.9. The van der Waals surface area contributed by atoms with E-state index in [1.165, 1.54) is 6.92 Å². The summed E-state index contributed by atoms with van der Waals surface area (Å²) in [6.07, 6.45) is 4.52. The maximum absolute atomic E-state index is 13.3. The molecular weight excluding hydrogens is 522 g/mol. The van der Waals surface area contributed by atoms with E-state index in [9.17, 15) is 39.3 Å². The smallest absolute Gasteiger partial charge is 0.328 e. The van der Waals surface area contributed by atoms with Crippen LogP contribution in [0, 0.1) is 28.6 Å². The number of amides is 1. The zero-order valence-electron chi connectivity index (χ0n) is 23.1. The number of fused-ring (bicyclic) bond motifs is 5. The van der Waals surface area contributed by atoms with Crippen molar-refractivity contribution >= 4 is 29.4 Å². The lowest BCUT2D eigenvalue weighted by Crippen LogP contribution is -2.61. The zero-order chi connectivity index (χ0) is 29.6. The first-order chi connectivity index (χ1) is 18.6. The molecule has 4 aliphatic rings. The van der Waals surface area contributed by atoms with E-state index in [0.717, 1.165) is 12.0 Å². The molecule has 11 nitrogen and oxygen atoms in total. The number of esters is 1. The number of aliphatic carboxylic acids is 1. The molecule has 0 saturated heterocycles. The van der Waals surface area contributed by atoms with Crippen LogP contribution in [0.5, 0.6) is 0 Å². The number of rotatable bonds is 9. The number of nitrogens with one attached hydrogen (secondary N) is 1. The number of carboxylic acids is 1. The fourth-order valence-corrected chi connectivity index (χ4v) is 7.98. The molecule has 0 unspecified atom stereocenters. The lowest BCUT2D eigenvalue weighted by molar-refractivity contribution is -0.181. The van der Waals surface area contributed by atoms with Gasteiger partial charge in [-0.3, -0.25) is 19.2 Å². The number of hydrogen-bond acceptors (Lipinski definition) is 9. The highest BCUT2D eigenvalue weighted by atomic mass is 16.5. The van der Waals surface area contributed by atoms with Crippen molar-refractivity contribution in [1.82, 2.24) is 5.32 Å². The van der Waals surface area contributed by atoms with Gasteiger partial charge in [0.1, 0.15) is 5.60 Å². The molecule has 0 heterocycles. The molecule has 3 fully saturated rings. The molecule has 0 radical (unpaired) electrons. The molecule has 11 heteroatoms. The summed E-state index contributed by atoms with van der Waals surface area (Å²) in [4.78, 5) is 60.6. The van der Waals surface area contributed by atoms with Crippen LogP contribution in [0.4, 0.5) is 0 Å². The summed E-state index contributed by atoms with van der Waals surface area (Å²) in [5.74, 6) is -3.93. The van der Waals surface area contributed by atoms with Crippen LogP contribution in [0.2, 0.25) is 0 Å². The summed E-state index contributed by atoms with van der Waals surface area (Å²) in [5, 5.41) is 43.8. The van der Waals surface area contributed by atoms with Crippen LogP contribution in [0.1, 0.15) is 65.7 Å². The van der Waals surface area contributed by atoms with Crippen molar-refractivity contribution in [3.05, 3.63) is 23.8 Å². The number of hydrogen-bond donors (Lipinski definition) is 5. The Balaban J connectivity index is 1.38. The molecule has 0 aliphatic heterocycles. The number of Topliss-reactive ketones (excluding diaryl/α,β-unsaturated/α-hetero) is 1. The number of aliphatic hydroxyl groups is 3. The van der Waals surface area contributed by atoms with Crippen LogP contribution in [0.3, 0.4) is 0 Å². The van der Waals surface area contributed by atoms with Gasteiger partial charge in [-0.05, 0) is 63.0 Å². The molecule has 0 aromatic heterocycles. The van der Waals surface area contributed by atoms with Gasteiger partial charge in [-0.2, -0.15) is 0 Å². The molecule has 5 N–H and O–H groups in total. The van der Waals surface area contributed by atoms with Crippen LogP contribution in [0.15, 0.2) is 23.8 Å². The van der Waals surface area contributed by atoms with Crippen LogP contribution < -0.4 is 5.32 Å². The molecule has 3 saturated carbocycles. The number of carboxylic acid groups (broad SMARTS) is 1. The SMILES string of the molecule is C[C@H](O)[C@H](NC(=O)CCC(=O)OCC(=O)[C@@]1(O)CC[C@@H]2[C@@H]3CCC4=CC(=O)C=C[C@]4(C)[C@H]3[C@@H](O)C[C@@]21C)C(=O)O. The molecule has 0 aromatic carbocycles. The Morgan fingerprint density at radius 1 is 1.18 bits per heavy atom. The lowest BCUT2D eigenvalue weighted by Gasteiger charge is -2.59. The van der Waals surface area contributed by atoms with Crippen LogP contribution in [-0.2, 0) is 28.7 Å². The third kappa shape index (κ3) is 5.03. The van der Waals surface area contributed by atoms with E-state index in [4.69, 9.17) is 9.84 Å². The number of ether oxygens (including phenoxy) is 1. The number of allylic oxidation sites excluding steroid dienone is 4. The van der Waals surface area contributed by atoms with E-state index in [-0.39, 0.29) is 36.4 Å². The Hall–Kier alpha value is -2.89. The van der Waals surface area contributed by atoms with Gasteiger partial charge in [-0.15, -0.1) is 0 Å². The highest BCUT2D eigenvalue weighted by Crippen LogP contribution is 2.67. The molecule has 4 rings (SSSR count). The summed E-state index contributed by atoms with van der Waals surface area (Å²) in [7, 11) is 0. The molecule has 4 aliphatic carbocycles. The van der Waals surface area contributed by atoms with Gasteiger partial charge < -0.3 is 30.5 Å². The minimum atomic E-state index is -1.80. The van der Waals surface area contributed by atoms with Gasteiger partial charge in [-0.1, -0.05) is 25.5 Å². The topological polar surface area (TPSA) is 188 Å². The highest BCUT2D eigenvalue weighted by molar-refractivity contribution is 6.01. The molecule has 220 valence electrons. The first-order valence-corrected chi connectivity index (χ1v) is 13.9. The average Bonchev–Trinajstić information content (AvgIpc) is 3.15. The van der Waals surface area contributed by atoms with E-state index in [0.29, 0.717) is 12.8 Å². The maximum Gasteiger partial charge on any atom is 0.328 e.